The number of rotatable bonds is 8. The highest BCUT2D eigenvalue weighted by Crippen LogP contribution is 2.65. The summed E-state index contributed by atoms with van der Waals surface area (Å²) in [5, 5.41) is 12.8. The molecule has 30 heavy (non-hydrogen) atoms. The maximum Gasteiger partial charge on any atom is 0.312 e. The molecule has 0 aliphatic carbocycles. The first kappa shape index (κ1) is 23.0. The van der Waals surface area contributed by atoms with Gasteiger partial charge >= 0.3 is 5.97 Å². The van der Waals surface area contributed by atoms with Crippen LogP contribution < -0.4 is 5.32 Å². The average molecular weight is 425 g/mol. The maximum atomic E-state index is 13.6. The molecule has 2 amide bonds. The van der Waals surface area contributed by atoms with E-state index in [0.29, 0.717) is 6.42 Å². The van der Waals surface area contributed by atoms with Crippen LogP contribution in [0.2, 0.25) is 0 Å². The summed E-state index contributed by atoms with van der Waals surface area (Å²) in [5.74, 6) is -2.63. The Morgan fingerprint density at radius 2 is 2.03 bits per heavy atom. The standard InChI is InChI=1S/C22H36N2O6/c1-7-9-13(4)23-18(26)17-22-10-12(3)21(6,30-22)16(20(28)29-8-2)15(22)19(27)24(17)14(5)11-25/h12-17,25H,7-11H2,1-6H3,(H,23,26)/t12?,13?,14-,15+,16+,17?,21-,22?/m1/s1. The molecule has 2 N–H and O–H groups in total. The first-order chi connectivity index (χ1) is 14.1. The summed E-state index contributed by atoms with van der Waals surface area (Å²) in [5.41, 5.74) is -1.96. The third kappa shape index (κ3) is 3.14. The molecule has 170 valence electrons. The van der Waals surface area contributed by atoms with E-state index in [4.69, 9.17) is 9.47 Å². The summed E-state index contributed by atoms with van der Waals surface area (Å²) in [6.45, 7) is 11.2. The second-order valence-corrected chi connectivity index (χ2v) is 9.43. The zero-order chi connectivity index (χ0) is 22.4. The fraction of sp³-hybridized carbons (Fsp3) is 0.864. The quantitative estimate of drug-likeness (QED) is 0.568. The number of hydrogen-bond donors (Lipinski definition) is 2. The summed E-state index contributed by atoms with van der Waals surface area (Å²) in [6.07, 6.45) is 2.25. The van der Waals surface area contributed by atoms with E-state index in [1.54, 1.807) is 13.8 Å². The average Bonchev–Trinajstić information content (AvgIpc) is 3.18. The smallest absolute Gasteiger partial charge is 0.312 e. The molecule has 3 aliphatic rings. The number of nitrogens with zero attached hydrogens (tertiary/aromatic N) is 1. The van der Waals surface area contributed by atoms with Crippen LogP contribution in [-0.2, 0) is 23.9 Å². The van der Waals surface area contributed by atoms with Crippen molar-refractivity contribution >= 4 is 17.8 Å². The monoisotopic (exact) mass is 424 g/mol. The molecule has 2 bridgehead atoms. The zero-order valence-electron chi connectivity index (χ0n) is 18.9. The van der Waals surface area contributed by atoms with Crippen molar-refractivity contribution in [1.29, 1.82) is 0 Å². The largest absolute Gasteiger partial charge is 0.466 e. The molecular weight excluding hydrogens is 388 g/mol. The second kappa shape index (κ2) is 8.11. The number of aliphatic hydroxyl groups is 1. The molecule has 0 aromatic carbocycles. The maximum absolute atomic E-state index is 13.6. The van der Waals surface area contributed by atoms with Gasteiger partial charge in [-0.25, -0.2) is 0 Å². The van der Waals surface area contributed by atoms with Crippen molar-refractivity contribution in [2.45, 2.75) is 90.1 Å². The summed E-state index contributed by atoms with van der Waals surface area (Å²) in [7, 11) is 0. The molecule has 3 heterocycles. The first-order valence-corrected chi connectivity index (χ1v) is 11.2. The molecule has 0 saturated carbocycles. The van der Waals surface area contributed by atoms with E-state index in [1.165, 1.54) is 4.90 Å². The van der Waals surface area contributed by atoms with Gasteiger partial charge in [0.25, 0.3) is 0 Å². The first-order valence-electron chi connectivity index (χ1n) is 11.2. The highest BCUT2D eigenvalue weighted by atomic mass is 16.6. The molecule has 3 rings (SSSR count). The van der Waals surface area contributed by atoms with Crippen molar-refractivity contribution in [3.63, 3.8) is 0 Å². The third-order valence-corrected chi connectivity index (χ3v) is 7.39. The number of hydrogen-bond acceptors (Lipinski definition) is 6. The molecule has 4 unspecified atom stereocenters. The van der Waals surface area contributed by atoms with Crippen molar-refractivity contribution < 1.29 is 29.0 Å². The van der Waals surface area contributed by atoms with Gasteiger partial charge in [-0.15, -0.1) is 0 Å². The van der Waals surface area contributed by atoms with Gasteiger partial charge in [0.15, 0.2) is 0 Å². The van der Waals surface area contributed by atoms with Gasteiger partial charge in [-0.05, 0) is 46.5 Å². The lowest BCUT2D eigenvalue weighted by Crippen LogP contribution is -2.58. The lowest BCUT2D eigenvalue weighted by molar-refractivity contribution is -0.162. The Balaban J connectivity index is 2.06. The Labute approximate surface area is 178 Å². The second-order valence-electron chi connectivity index (χ2n) is 9.43. The predicted octanol–water partition coefficient (Wildman–Crippen LogP) is 1.25. The number of carbonyl (C=O) groups is 3. The van der Waals surface area contributed by atoms with Crippen LogP contribution in [0.4, 0.5) is 0 Å². The molecule has 3 fully saturated rings. The van der Waals surface area contributed by atoms with Gasteiger partial charge in [0.2, 0.25) is 11.8 Å². The number of likely N-dealkylation sites (tertiary alicyclic amines) is 1. The van der Waals surface area contributed by atoms with Crippen molar-refractivity contribution in [2.75, 3.05) is 13.2 Å². The zero-order valence-corrected chi connectivity index (χ0v) is 18.9. The number of carbonyl (C=O) groups excluding carboxylic acids is 3. The van der Waals surface area contributed by atoms with E-state index < -0.39 is 41.1 Å². The summed E-state index contributed by atoms with van der Waals surface area (Å²) >= 11 is 0. The molecule has 0 aromatic heterocycles. The van der Waals surface area contributed by atoms with Crippen LogP contribution in [0.5, 0.6) is 0 Å². The van der Waals surface area contributed by atoms with E-state index in [-0.39, 0.29) is 37.0 Å². The van der Waals surface area contributed by atoms with Gasteiger partial charge in [0.1, 0.15) is 17.6 Å². The van der Waals surface area contributed by atoms with Crippen LogP contribution in [-0.4, -0.2) is 70.3 Å². The molecule has 3 aliphatic heterocycles. The normalized spacial score (nSPS) is 39.0. The third-order valence-electron chi connectivity index (χ3n) is 7.39. The molecule has 8 nitrogen and oxygen atoms in total. The number of esters is 1. The van der Waals surface area contributed by atoms with Gasteiger partial charge in [0, 0.05) is 6.04 Å². The Morgan fingerprint density at radius 3 is 2.60 bits per heavy atom. The van der Waals surface area contributed by atoms with Crippen molar-refractivity contribution in [3.05, 3.63) is 0 Å². The Morgan fingerprint density at radius 1 is 1.37 bits per heavy atom. The van der Waals surface area contributed by atoms with Crippen molar-refractivity contribution in [3.8, 4) is 0 Å². The van der Waals surface area contributed by atoms with E-state index in [2.05, 4.69) is 5.32 Å². The van der Waals surface area contributed by atoms with E-state index in [9.17, 15) is 19.5 Å². The SMILES string of the molecule is CCCC(C)NC(=O)C1N([C@H](C)CO)C(=O)[C@@H]2[C@@H](C(=O)OCC)[C@]3(C)OC12CC3C. The van der Waals surface area contributed by atoms with E-state index in [1.807, 2.05) is 27.7 Å². The van der Waals surface area contributed by atoms with Gasteiger partial charge in [0.05, 0.1) is 30.8 Å². The number of fused-ring (bicyclic) bond motifs is 1. The summed E-state index contributed by atoms with van der Waals surface area (Å²) in [4.78, 5) is 41.5. The number of aliphatic hydroxyl groups excluding tert-OH is 1. The Hall–Kier alpha value is -1.67. The van der Waals surface area contributed by atoms with E-state index in [0.717, 1.165) is 12.8 Å². The van der Waals surface area contributed by atoms with Crippen LogP contribution in [0.1, 0.15) is 60.8 Å². The molecule has 0 aromatic rings. The van der Waals surface area contributed by atoms with Gasteiger partial charge in [-0.3, -0.25) is 14.4 Å². The number of amides is 2. The topological polar surface area (TPSA) is 105 Å². The molecule has 1 spiro atoms. The highest BCUT2D eigenvalue weighted by Gasteiger charge is 2.80. The predicted molar refractivity (Wildman–Crippen MR) is 109 cm³/mol. The van der Waals surface area contributed by atoms with Crippen LogP contribution in [0.25, 0.3) is 0 Å². The van der Waals surface area contributed by atoms with E-state index >= 15 is 0 Å². The summed E-state index contributed by atoms with van der Waals surface area (Å²) < 4.78 is 11.8. The Bertz CT molecular complexity index is 714. The molecular formula is C22H36N2O6. The summed E-state index contributed by atoms with van der Waals surface area (Å²) in [6, 6.07) is -1.50. The van der Waals surface area contributed by atoms with Crippen molar-refractivity contribution in [1.82, 2.24) is 10.2 Å². The van der Waals surface area contributed by atoms with Crippen LogP contribution in [0.3, 0.4) is 0 Å². The lowest BCUT2D eigenvalue weighted by Gasteiger charge is -2.36. The molecule has 3 saturated heterocycles. The fourth-order valence-corrected chi connectivity index (χ4v) is 5.96. The molecule has 8 heteroatoms. The minimum absolute atomic E-state index is 0.0243. The molecule has 0 radical (unpaired) electrons. The Kier molecular flexibility index (Phi) is 6.22. The minimum atomic E-state index is -1.10. The lowest BCUT2D eigenvalue weighted by atomic mass is 9.62. The fourth-order valence-electron chi connectivity index (χ4n) is 5.96. The van der Waals surface area contributed by atoms with Gasteiger partial charge in [-0.1, -0.05) is 20.3 Å². The molecule has 8 atom stereocenters. The number of nitrogens with one attached hydrogen (secondary N) is 1. The number of ether oxygens (including phenoxy) is 2. The highest BCUT2D eigenvalue weighted by molar-refractivity contribution is 5.98. The van der Waals surface area contributed by atoms with Crippen molar-refractivity contribution in [2.24, 2.45) is 17.8 Å². The van der Waals surface area contributed by atoms with Gasteiger partial charge in [-0.2, -0.15) is 0 Å². The van der Waals surface area contributed by atoms with Gasteiger partial charge < -0.3 is 24.8 Å². The van der Waals surface area contributed by atoms with Crippen LogP contribution >= 0.6 is 0 Å². The van der Waals surface area contributed by atoms with Crippen LogP contribution in [0, 0.1) is 17.8 Å². The minimum Gasteiger partial charge on any atom is -0.466 e. The van der Waals surface area contributed by atoms with Crippen LogP contribution in [0.15, 0.2) is 0 Å².